The topological polar surface area (TPSA) is 95.6 Å². The van der Waals surface area contributed by atoms with E-state index in [1.165, 1.54) is 10.6 Å². The fourth-order valence-electron chi connectivity index (χ4n) is 4.50. The third kappa shape index (κ3) is 7.64. The summed E-state index contributed by atoms with van der Waals surface area (Å²) in [4.78, 5) is 25.8. The van der Waals surface area contributed by atoms with E-state index < -0.39 is 10.0 Å². The highest BCUT2D eigenvalue weighted by Crippen LogP contribution is 2.27. The number of carbonyl (C=O) groups excluding carboxylic acids is 2. The van der Waals surface area contributed by atoms with Crippen LogP contribution in [0.4, 0.5) is 17.1 Å². The lowest BCUT2D eigenvalue weighted by molar-refractivity contribution is 0.101. The van der Waals surface area contributed by atoms with Crippen LogP contribution >= 0.6 is 0 Å². The number of carbonyl (C=O) groups is 2. The monoisotopic (exact) mass is 583 g/mol. The Hall–Kier alpha value is -4.43. The number of nitrogens with one attached hydrogen (secondary N) is 2. The first kappa shape index (κ1) is 30.5. The third-order valence-electron chi connectivity index (χ3n) is 6.97. The summed E-state index contributed by atoms with van der Waals surface area (Å²) < 4.78 is 26.7. The van der Waals surface area contributed by atoms with Gasteiger partial charge in [-0.05, 0) is 90.0 Å². The largest absolute Gasteiger partial charge is 0.322 e. The van der Waals surface area contributed by atoms with Crippen molar-refractivity contribution in [3.05, 3.63) is 124 Å². The Labute approximate surface area is 248 Å². The van der Waals surface area contributed by atoms with Gasteiger partial charge in [0.05, 0.1) is 18.5 Å². The highest BCUT2D eigenvalue weighted by atomic mass is 32.2. The van der Waals surface area contributed by atoms with Gasteiger partial charge in [-0.15, -0.1) is 0 Å². The highest BCUT2D eigenvalue weighted by molar-refractivity contribution is 7.92. The molecule has 218 valence electrons. The SMILES string of the molecule is Cc1ccc(C)c(N(Cc2ccc(C(=O)Nc3cccc(NC(=O)c4ccc(C(C)(C)C)cc4)c3)cc2)S(C)(=O)=O)c1. The predicted molar refractivity (Wildman–Crippen MR) is 171 cm³/mol. The number of sulfonamides is 1. The van der Waals surface area contributed by atoms with E-state index >= 15 is 0 Å². The zero-order valence-electron chi connectivity index (χ0n) is 24.9. The van der Waals surface area contributed by atoms with Crippen molar-refractivity contribution in [1.82, 2.24) is 0 Å². The summed E-state index contributed by atoms with van der Waals surface area (Å²) >= 11 is 0. The van der Waals surface area contributed by atoms with Crippen LogP contribution in [-0.4, -0.2) is 26.5 Å². The molecule has 0 fully saturated rings. The molecule has 0 bridgehead atoms. The first-order chi connectivity index (χ1) is 19.7. The van der Waals surface area contributed by atoms with Crippen molar-refractivity contribution in [3.63, 3.8) is 0 Å². The fourth-order valence-corrected chi connectivity index (χ4v) is 5.44. The van der Waals surface area contributed by atoms with Crippen molar-refractivity contribution in [2.75, 3.05) is 21.2 Å². The molecule has 0 saturated heterocycles. The molecule has 2 amide bonds. The fraction of sp³-hybridized carbons (Fsp3) is 0.235. The highest BCUT2D eigenvalue weighted by Gasteiger charge is 2.20. The van der Waals surface area contributed by atoms with Crippen LogP contribution in [0.15, 0.2) is 91.0 Å². The molecule has 0 aliphatic heterocycles. The lowest BCUT2D eigenvalue weighted by Crippen LogP contribution is -2.30. The van der Waals surface area contributed by atoms with Gasteiger partial charge in [0.1, 0.15) is 0 Å². The summed E-state index contributed by atoms with van der Waals surface area (Å²) in [6.07, 6.45) is 1.19. The molecule has 7 nitrogen and oxygen atoms in total. The van der Waals surface area contributed by atoms with Crippen molar-refractivity contribution in [2.24, 2.45) is 0 Å². The quantitative estimate of drug-likeness (QED) is 0.232. The smallest absolute Gasteiger partial charge is 0.255 e. The summed E-state index contributed by atoms with van der Waals surface area (Å²) in [6.45, 7) is 10.3. The van der Waals surface area contributed by atoms with Gasteiger partial charge < -0.3 is 10.6 Å². The van der Waals surface area contributed by atoms with Gasteiger partial charge in [-0.3, -0.25) is 13.9 Å². The molecule has 0 unspecified atom stereocenters. The molecular formula is C34H37N3O4S. The minimum Gasteiger partial charge on any atom is -0.322 e. The van der Waals surface area contributed by atoms with Crippen LogP contribution in [0.2, 0.25) is 0 Å². The van der Waals surface area contributed by atoms with Crippen LogP contribution in [0.1, 0.15) is 63.7 Å². The number of benzene rings is 4. The molecule has 0 radical (unpaired) electrons. The molecule has 0 saturated carbocycles. The van der Waals surface area contributed by atoms with Crippen LogP contribution in [0.3, 0.4) is 0 Å². The number of aryl methyl sites for hydroxylation is 2. The molecule has 0 spiro atoms. The molecule has 8 heteroatoms. The predicted octanol–water partition coefficient (Wildman–Crippen LogP) is 7.07. The van der Waals surface area contributed by atoms with E-state index in [1.807, 2.05) is 56.3 Å². The Morgan fingerprint density at radius 3 is 1.76 bits per heavy atom. The number of nitrogens with zero attached hydrogens (tertiary/aromatic N) is 1. The molecule has 0 aromatic heterocycles. The summed E-state index contributed by atoms with van der Waals surface area (Å²) in [5.74, 6) is -0.559. The van der Waals surface area contributed by atoms with E-state index in [0.717, 1.165) is 22.3 Å². The number of rotatable bonds is 8. The molecular weight excluding hydrogens is 546 g/mol. The Kier molecular flexibility index (Phi) is 8.87. The number of hydrogen-bond acceptors (Lipinski definition) is 4. The van der Waals surface area contributed by atoms with Gasteiger partial charge in [0.2, 0.25) is 10.0 Å². The summed E-state index contributed by atoms with van der Waals surface area (Å²) in [5, 5.41) is 5.75. The first-order valence-corrected chi connectivity index (χ1v) is 15.5. The minimum absolute atomic E-state index is 0.00113. The second-order valence-electron chi connectivity index (χ2n) is 11.6. The number of anilines is 3. The summed E-state index contributed by atoms with van der Waals surface area (Å²) in [7, 11) is -3.54. The van der Waals surface area contributed by atoms with E-state index in [1.54, 1.807) is 48.5 Å². The van der Waals surface area contributed by atoms with Crippen LogP contribution in [0.5, 0.6) is 0 Å². The third-order valence-corrected chi connectivity index (χ3v) is 8.09. The lowest BCUT2D eigenvalue weighted by Gasteiger charge is -2.25. The van der Waals surface area contributed by atoms with Gasteiger partial charge in [0, 0.05) is 22.5 Å². The number of amides is 2. The van der Waals surface area contributed by atoms with Crippen molar-refractivity contribution in [2.45, 2.75) is 46.6 Å². The standard InChI is InChI=1S/C34H37N3O4S/c1-23-10-11-24(2)31(20-23)37(42(6,40)41)22-25-12-14-26(15-13-25)32(38)35-29-8-7-9-30(21-29)36-33(39)27-16-18-28(19-17-27)34(3,4)5/h7-21H,22H2,1-6H3,(H,35,38)(H,36,39). The first-order valence-electron chi connectivity index (χ1n) is 13.7. The zero-order valence-corrected chi connectivity index (χ0v) is 25.7. The maximum atomic E-state index is 13.0. The van der Waals surface area contributed by atoms with E-state index in [2.05, 4.69) is 31.4 Å². The Balaban J connectivity index is 1.42. The van der Waals surface area contributed by atoms with Gasteiger partial charge >= 0.3 is 0 Å². The van der Waals surface area contributed by atoms with Gasteiger partial charge in [0.15, 0.2) is 0 Å². The van der Waals surface area contributed by atoms with E-state index in [-0.39, 0.29) is 23.8 Å². The Morgan fingerprint density at radius 2 is 1.26 bits per heavy atom. The Bertz CT molecular complexity index is 1710. The zero-order chi connectivity index (χ0) is 30.7. The van der Waals surface area contributed by atoms with E-state index in [4.69, 9.17) is 0 Å². The van der Waals surface area contributed by atoms with Gasteiger partial charge in [-0.1, -0.05) is 63.2 Å². The van der Waals surface area contributed by atoms with E-state index in [0.29, 0.717) is 28.2 Å². The second-order valence-corrected chi connectivity index (χ2v) is 13.5. The molecule has 42 heavy (non-hydrogen) atoms. The van der Waals surface area contributed by atoms with Crippen molar-refractivity contribution < 1.29 is 18.0 Å². The van der Waals surface area contributed by atoms with Gasteiger partial charge in [-0.2, -0.15) is 0 Å². The van der Waals surface area contributed by atoms with Gasteiger partial charge in [0.25, 0.3) is 11.8 Å². The van der Waals surface area contributed by atoms with Crippen molar-refractivity contribution >= 4 is 38.9 Å². The molecule has 4 aromatic carbocycles. The van der Waals surface area contributed by atoms with Crippen LogP contribution in [0, 0.1) is 13.8 Å². The van der Waals surface area contributed by atoms with Crippen LogP contribution < -0.4 is 14.9 Å². The van der Waals surface area contributed by atoms with Crippen LogP contribution in [0.25, 0.3) is 0 Å². The average molecular weight is 584 g/mol. The number of hydrogen-bond donors (Lipinski definition) is 2. The average Bonchev–Trinajstić information content (AvgIpc) is 2.92. The molecule has 0 atom stereocenters. The lowest BCUT2D eigenvalue weighted by atomic mass is 9.87. The normalized spacial score (nSPS) is 11.6. The molecule has 2 N–H and O–H groups in total. The maximum Gasteiger partial charge on any atom is 0.255 e. The molecule has 4 aromatic rings. The molecule has 0 aliphatic carbocycles. The minimum atomic E-state index is -3.54. The molecule has 0 heterocycles. The summed E-state index contributed by atoms with van der Waals surface area (Å²) in [6, 6.07) is 27.0. The van der Waals surface area contributed by atoms with Crippen molar-refractivity contribution in [1.29, 1.82) is 0 Å². The summed E-state index contributed by atoms with van der Waals surface area (Å²) in [5.41, 5.74) is 6.40. The molecule has 4 rings (SSSR count). The van der Waals surface area contributed by atoms with E-state index in [9.17, 15) is 18.0 Å². The molecule has 0 aliphatic rings. The van der Waals surface area contributed by atoms with Crippen molar-refractivity contribution in [3.8, 4) is 0 Å². The van der Waals surface area contributed by atoms with Crippen LogP contribution in [-0.2, 0) is 22.0 Å². The maximum absolute atomic E-state index is 13.0. The van der Waals surface area contributed by atoms with Gasteiger partial charge in [-0.25, -0.2) is 8.42 Å². The Morgan fingerprint density at radius 1 is 0.738 bits per heavy atom. The second kappa shape index (κ2) is 12.2.